The fraction of sp³-hybridized carbons (Fsp3) is 0.462. The minimum absolute atomic E-state index is 0. The van der Waals surface area contributed by atoms with Crippen molar-refractivity contribution in [3.05, 3.63) is 71.0 Å². The first kappa shape index (κ1) is 23.2. The number of rotatable bonds is 3. The Hall–Kier alpha value is -2.93. The maximum atomic E-state index is 12.6. The number of carbonyl (C=O) groups is 2. The molecule has 0 saturated carbocycles. The van der Waals surface area contributed by atoms with Gasteiger partial charge < -0.3 is 19.9 Å². The molecule has 178 valence electrons. The number of hydrogen-bond acceptors (Lipinski definition) is 4. The molecule has 4 aliphatic heterocycles. The summed E-state index contributed by atoms with van der Waals surface area (Å²) in [7, 11) is 1.63. The fourth-order valence-corrected chi connectivity index (χ4v) is 4.83. The number of piperidine rings is 3. The largest absolute Gasteiger partial charge is 0.449 e. The Bertz CT molecular complexity index is 967. The number of fused-ring (bicyclic) bond motifs is 4. The second-order valence-corrected chi connectivity index (χ2v) is 9.18. The second-order valence-electron chi connectivity index (χ2n) is 9.18. The van der Waals surface area contributed by atoms with Gasteiger partial charge in [-0.1, -0.05) is 24.3 Å². The van der Waals surface area contributed by atoms with Crippen LogP contribution in [0.2, 0.25) is 0 Å². The Morgan fingerprint density at radius 1 is 1.03 bits per heavy atom. The SMILES string of the molecule is CNC(=O)c1ccc2c(c1)CN(C(=O)OCC13CCN(CC1)CC3)CC2.Fc1ccccc1.[HH]. The minimum atomic E-state index is -0.219. The lowest BCUT2D eigenvalue weighted by atomic mass is 9.73. The lowest BCUT2D eigenvalue weighted by Gasteiger charge is -2.48. The molecule has 0 radical (unpaired) electrons. The molecule has 2 bridgehead atoms. The summed E-state index contributed by atoms with van der Waals surface area (Å²) in [5, 5.41) is 2.65. The molecule has 1 N–H and O–H groups in total. The molecule has 4 aliphatic rings. The van der Waals surface area contributed by atoms with E-state index in [-0.39, 0.29) is 24.7 Å². The Morgan fingerprint density at radius 3 is 2.33 bits per heavy atom. The van der Waals surface area contributed by atoms with Crippen molar-refractivity contribution in [2.24, 2.45) is 5.41 Å². The van der Waals surface area contributed by atoms with Crippen molar-refractivity contribution >= 4 is 12.0 Å². The molecule has 6 nitrogen and oxygen atoms in total. The monoisotopic (exact) mass is 455 g/mol. The second kappa shape index (κ2) is 10.3. The van der Waals surface area contributed by atoms with Gasteiger partial charge in [0.05, 0.1) is 6.61 Å². The molecular weight excluding hydrogens is 421 g/mol. The molecule has 2 aromatic carbocycles. The van der Waals surface area contributed by atoms with Crippen molar-refractivity contribution in [1.29, 1.82) is 0 Å². The van der Waals surface area contributed by atoms with Gasteiger partial charge in [0.25, 0.3) is 5.91 Å². The van der Waals surface area contributed by atoms with E-state index in [1.165, 1.54) is 17.7 Å². The Kier molecular flexibility index (Phi) is 7.28. The van der Waals surface area contributed by atoms with Gasteiger partial charge in [-0.05, 0) is 80.7 Å². The van der Waals surface area contributed by atoms with Gasteiger partial charge in [0.1, 0.15) is 5.82 Å². The maximum Gasteiger partial charge on any atom is 0.410 e. The minimum Gasteiger partial charge on any atom is -0.449 e. The van der Waals surface area contributed by atoms with Crippen LogP contribution in [-0.4, -0.2) is 61.6 Å². The normalized spacial score (nSPS) is 23.1. The van der Waals surface area contributed by atoms with E-state index in [2.05, 4.69) is 10.2 Å². The molecule has 0 aromatic heterocycles. The number of nitrogens with one attached hydrogen (secondary N) is 1. The molecule has 0 unspecified atom stereocenters. The van der Waals surface area contributed by atoms with E-state index >= 15 is 0 Å². The average molecular weight is 456 g/mol. The van der Waals surface area contributed by atoms with Gasteiger partial charge in [0.2, 0.25) is 0 Å². The smallest absolute Gasteiger partial charge is 0.410 e. The molecule has 7 heteroatoms. The van der Waals surface area contributed by atoms with Crippen LogP contribution in [0.4, 0.5) is 9.18 Å². The van der Waals surface area contributed by atoms with Crippen LogP contribution in [0, 0.1) is 11.2 Å². The van der Waals surface area contributed by atoms with Crippen molar-refractivity contribution in [1.82, 2.24) is 15.1 Å². The molecule has 0 atom stereocenters. The van der Waals surface area contributed by atoms with Crippen LogP contribution < -0.4 is 5.32 Å². The summed E-state index contributed by atoms with van der Waals surface area (Å²) in [5.41, 5.74) is 3.08. The van der Waals surface area contributed by atoms with Gasteiger partial charge in [0, 0.05) is 32.5 Å². The Morgan fingerprint density at radius 2 is 1.73 bits per heavy atom. The highest BCUT2D eigenvalue weighted by molar-refractivity contribution is 5.94. The van der Waals surface area contributed by atoms with Crippen molar-refractivity contribution in [3.8, 4) is 0 Å². The van der Waals surface area contributed by atoms with Gasteiger partial charge >= 0.3 is 6.09 Å². The molecule has 0 spiro atoms. The molecule has 4 heterocycles. The summed E-state index contributed by atoms with van der Waals surface area (Å²) >= 11 is 0. The quantitative estimate of drug-likeness (QED) is 0.757. The number of nitrogens with zero attached hydrogens (tertiary/aromatic N) is 2. The Labute approximate surface area is 196 Å². The number of hydrogen-bond donors (Lipinski definition) is 1. The van der Waals surface area contributed by atoms with Crippen molar-refractivity contribution in [2.75, 3.05) is 39.8 Å². The third-order valence-corrected chi connectivity index (χ3v) is 7.08. The number of benzene rings is 2. The summed E-state index contributed by atoms with van der Waals surface area (Å²) in [6.45, 7) is 5.14. The van der Waals surface area contributed by atoms with Crippen LogP contribution in [0.15, 0.2) is 48.5 Å². The zero-order chi connectivity index (χ0) is 23.3. The number of amides is 2. The van der Waals surface area contributed by atoms with E-state index in [0.29, 0.717) is 25.3 Å². The van der Waals surface area contributed by atoms with Crippen molar-refractivity contribution in [2.45, 2.75) is 32.2 Å². The van der Waals surface area contributed by atoms with Crippen LogP contribution in [-0.2, 0) is 17.7 Å². The van der Waals surface area contributed by atoms with Gasteiger partial charge in [-0.25, -0.2) is 9.18 Å². The topological polar surface area (TPSA) is 61.9 Å². The van der Waals surface area contributed by atoms with Crippen LogP contribution in [0.5, 0.6) is 0 Å². The summed E-state index contributed by atoms with van der Waals surface area (Å²) < 4.78 is 17.6. The molecule has 2 amide bonds. The highest BCUT2D eigenvalue weighted by Gasteiger charge is 2.40. The van der Waals surface area contributed by atoms with Crippen molar-refractivity contribution < 1.29 is 20.1 Å². The van der Waals surface area contributed by atoms with E-state index in [1.54, 1.807) is 30.1 Å². The maximum absolute atomic E-state index is 12.6. The average Bonchev–Trinajstić information content (AvgIpc) is 2.88. The third-order valence-electron chi connectivity index (χ3n) is 7.08. The van der Waals surface area contributed by atoms with Gasteiger partial charge in [-0.3, -0.25) is 4.79 Å². The highest BCUT2D eigenvalue weighted by atomic mass is 19.1. The Balaban J connectivity index is 0.000000350. The standard InChI is InChI=1S/C20H27N3O3.C6H5F.H2/c1-21-18(24)16-3-2-15-4-8-23(13-17(15)12-16)19(25)26-14-20-5-9-22(10-6-20)11-7-20;7-6-4-2-1-3-5-6;/h2-3,12H,4-11,13-14H2,1H3,(H,21,24);1-5H;1H. The first-order valence-electron chi connectivity index (χ1n) is 11.7. The summed E-state index contributed by atoms with van der Waals surface area (Å²) in [6, 6.07) is 13.7. The molecular formula is C26H34FN3O3. The molecule has 2 aromatic rings. The zero-order valence-corrected chi connectivity index (χ0v) is 19.2. The van der Waals surface area contributed by atoms with E-state index in [1.807, 2.05) is 18.2 Å². The van der Waals surface area contributed by atoms with Crippen LogP contribution >= 0.6 is 0 Å². The molecule has 33 heavy (non-hydrogen) atoms. The number of carbonyl (C=O) groups excluding carboxylic acids is 2. The lowest BCUT2D eigenvalue weighted by molar-refractivity contribution is -0.0288. The summed E-state index contributed by atoms with van der Waals surface area (Å²) in [4.78, 5) is 28.7. The van der Waals surface area contributed by atoms with Crippen LogP contribution in [0.25, 0.3) is 0 Å². The van der Waals surface area contributed by atoms with E-state index in [0.717, 1.165) is 50.9 Å². The predicted molar refractivity (Wildman–Crippen MR) is 127 cm³/mol. The predicted octanol–water partition coefficient (Wildman–Crippen LogP) is 4.10. The fourth-order valence-electron chi connectivity index (χ4n) is 4.83. The zero-order valence-electron chi connectivity index (χ0n) is 19.2. The molecule has 6 rings (SSSR count). The third kappa shape index (κ3) is 5.71. The van der Waals surface area contributed by atoms with Crippen LogP contribution in [0.3, 0.4) is 0 Å². The van der Waals surface area contributed by atoms with Gasteiger partial charge in [-0.2, -0.15) is 0 Å². The highest BCUT2D eigenvalue weighted by Crippen LogP contribution is 2.40. The number of ether oxygens (including phenoxy) is 1. The first-order valence-corrected chi connectivity index (χ1v) is 11.7. The van der Waals surface area contributed by atoms with Gasteiger partial charge in [-0.15, -0.1) is 0 Å². The summed E-state index contributed by atoms with van der Waals surface area (Å²) in [5.74, 6) is -0.280. The van der Waals surface area contributed by atoms with Crippen molar-refractivity contribution in [3.63, 3.8) is 0 Å². The summed E-state index contributed by atoms with van der Waals surface area (Å²) in [6.07, 6.45) is 4.00. The van der Waals surface area contributed by atoms with Gasteiger partial charge in [0.15, 0.2) is 0 Å². The van der Waals surface area contributed by atoms with E-state index in [4.69, 9.17) is 4.74 Å². The molecule has 3 saturated heterocycles. The molecule has 0 aliphatic carbocycles. The van der Waals surface area contributed by atoms with E-state index in [9.17, 15) is 14.0 Å². The lowest BCUT2D eigenvalue weighted by Crippen LogP contribution is -2.50. The first-order chi connectivity index (χ1) is 16.0. The molecule has 3 fully saturated rings. The number of halogens is 1. The van der Waals surface area contributed by atoms with Crippen LogP contribution in [0.1, 0.15) is 42.2 Å². The van der Waals surface area contributed by atoms with E-state index < -0.39 is 0 Å².